The van der Waals surface area contributed by atoms with Crippen LogP contribution in [0, 0.1) is 0 Å². The van der Waals surface area contributed by atoms with Gasteiger partial charge in [-0.15, -0.1) is 0 Å². The fraction of sp³-hybridized carbons (Fsp3) is 0.400. The van der Waals surface area contributed by atoms with Crippen LogP contribution in [0.3, 0.4) is 0 Å². The Kier molecular flexibility index (Phi) is 3.82. The monoisotopic (exact) mass is 310 g/mol. The fourth-order valence-electron chi connectivity index (χ4n) is 2.74. The van der Waals surface area contributed by atoms with Crippen molar-refractivity contribution in [1.29, 1.82) is 0 Å². The van der Waals surface area contributed by atoms with E-state index in [0.717, 1.165) is 37.9 Å². The molecule has 1 aliphatic rings. The Balaban J connectivity index is 2.03. The maximum absolute atomic E-state index is 12.9. The van der Waals surface area contributed by atoms with Crippen LogP contribution in [-0.4, -0.2) is 36.0 Å². The smallest absolute Gasteiger partial charge is 0.366 e. The van der Waals surface area contributed by atoms with E-state index in [4.69, 9.17) is 0 Å². The minimum atomic E-state index is -4.34. The highest BCUT2D eigenvalue weighted by atomic mass is 19.4. The fourth-order valence-corrected chi connectivity index (χ4v) is 2.74. The normalized spacial score (nSPS) is 16.1. The zero-order valence-electron chi connectivity index (χ0n) is 12.2. The quantitative estimate of drug-likeness (QED) is 0.925. The summed E-state index contributed by atoms with van der Waals surface area (Å²) in [7, 11) is 1.75. The van der Waals surface area contributed by atoms with Gasteiger partial charge in [0.05, 0.1) is 23.1 Å². The molecule has 0 spiro atoms. The molecule has 2 aromatic rings. The van der Waals surface area contributed by atoms with Gasteiger partial charge in [0.15, 0.2) is 0 Å². The molecule has 118 valence electrons. The molecule has 1 N–H and O–H groups in total. The Morgan fingerprint density at radius 2 is 1.91 bits per heavy atom. The number of rotatable bonds is 2. The number of aryl methyl sites for hydroxylation is 1. The molecule has 1 aliphatic heterocycles. The lowest BCUT2D eigenvalue weighted by Crippen LogP contribution is -2.43. The Hall–Kier alpha value is -2.02. The minimum Gasteiger partial charge on any atom is -0.366 e. The summed E-state index contributed by atoms with van der Waals surface area (Å²) >= 11 is 0. The predicted octanol–water partition coefficient (Wildman–Crippen LogP) is 2.52. The van der Waals surface area contributed by atoms with Crippen molar-refractivity contribution in [3.8, 4) is 11.3 Å². The van der Waals surface area contributed by atoms with Crippen molar-refractivity contribution in [2.24, 2.45) is 7.05 Å². The molecule has 7 heteroatoms. The zero-order valence-corrected chi connectivity index (χ0v) is 12.2. The molecule has 1 fully saturated rings. The zero-order chi connectivity index (χ0) is 15.7. The largest absolute Gasteiger partial charge is 0.416 e. The summed E-state index contributed by atoms with van der Waals surface area (Å²) in [5, 5.41) is 7.50. The van der Waals surface area contributed by atoms with Gasteiger partial charge in [-0.3, -0.25) is 4.68 Å². The van der Waals surface area contributed by atoms with E-state index >= 15 is 0 Å². The van der Waals surface area contributed by atoms with Gasteiger partial charge in [0.25, 0.3) is 0 Å². The number of nitrogens with zero attached hydrogens (tertiary/aromatic N) is 3. The van der Waals surface area contributed by atoms with Crippen LogP contribution in [0.25, 0.3) is 11.3 Å². The van der Waals surface area contributed by atoms with Gasteiger partial charge in [-0.2, -0.15) is 18.3 Å². The van der Waals surface area contributed by atoms with Crippen molar-refractivity contribution < 1.29 is 13.2 Å². The second-order valence-corrected chi connectivity index (χ2v) is 5.32. The van der Waals surface area contributed by atoms with E-state index < -0.39 is 11.7 Å². The average molecular weight is 310 g/mol. The highest BCUT2D eigenvalue weighted by Gasteiger charge is 2.31. The van der Waals surface area contributed by atoms with E-state index in [1.807, 2.05) is 0 Å². The molecule has 0 atom stereocenters. The van der Waals surface area contributed by atoms with E-state index in [9.17, 15) is 13.2 Å². The van der Waals surface area contributed by atoms with Gasteiger partial charge >= 0.3 is 6.18 Å². The van der Waals surface area contributed by atoms with Gasteiger partial charge < -0.3 is 10.2 Å². The number of halogens is 3. The van der Waals surface area contributed by atoms with Crippen molar-refractivity contribution in [3.05, 3.63) is 36.0 Å². The molecule has 0 saturated carbocycles. The summed E-state index contributed by atoms with van der Waals surface area (Å²) in [5.74, 6) is 0. The summed E-state index contributed by atoms with van der Waals surface area (Å²) in [6.45, 7) is 3.35. The molecule has 0 aliphatic carbocycles. The Morgan fingerprint density at radius 3 is 2.59 bits per heavy atom. The number of hydrogen-bond acceptors (Lipinski definition) is 3. The SMILES string of the molecule is Cn1ncc(N2CCNCC2)c1-c1cccc(C(F)(F)F)c1. The summed E-state index contributed by atoms with van der Waals surface area (Å²) in [5.41, 5.74) is 1.48. The lowest BCUT2D eigenvalue weighted by Gasteiger charge is -2.29. The standard InChI is InChI=1S/C15H17F3N4/c1-21-14(11-3-2-4-12(9-11)15(16,17)18)13(10-20-21)22-7-5-19-6-8-22/h2-4,9-10,19H,5-8H2,1H3. The van der Waals surface area contributed by atoms with Crippen molar-refractivity contribution in [1.82, 2.24) is 15.1 Å². The van der Waals surface area contributed by atoms with Crippen LogP contribution < -0.4 is 10.2 Å². The predicted molar refractivity (Wildman–Crippen MR) is 78.7 cm³/mol. The summed E-state index contributed by atoms with van der Waals surface area (Å²) in [4.78, 5) is 2.15. The molecule has 0 amide bonds. The lowest BCUT2D eigenvalue weighted by atomic mass is 10.1. The first-order valence-corrected chi connectivity index (χ1v) is 7.12. The molecule has 0 bridgehead atoms. The molecule has 22 heavy (non-hydrogen) atoms. The number of alkyl halides is 3. The molecule has 0 unspecified atom stereocenters. The molecule has 4 nitrogen and oxygen atoms in total. The van der Waals surface area contributed by atoms with Gasteiger partial charge in [0.1, 0.15) is 0 Å². The van der Waals surface area contributed by atoms with Gasteiger partial charge in [-0.05, 0) is 12.1 Å². The first-order chi connectivity index (χ1) is 10.5. The van der Waals surface area contributed by atoms with Crippen LogP contribution in [0.15, 0.2) is 30.5 Å². The number of anilines is 1. The maximum atomic E-state index is 12.9. The van der Waals surface area contributed by atoms with Crippen molar-refractivity contribution in [2.45, 2.75) is 6.18 Å². The minimum absolute atomic E-state index is 0.531. The topological polar surface area (TPSA) is 33.1 Å². The Morgan fingerprint density at radius 1 is 1.18 bits per heavy atom. The van der Waals surface area contributed by atoms with Crippen LogP contribution in [0.5, 0.6) is 0 Å². The number of hydrogen-bond donors (Lipinski definition) is 1. The van der Waals surface area contributed by atoms with E-state index in [2.05, 4.69) is 15.3 Å². The summed E-state index contributed by atoms with van der Waals surface area (Å²) < 4.78 is 40.4. The second kappa shape index (κ2) is 5.64. The summed E-state index contributed by atoms with van der Waals surface area (Å²) in [6.07, 6.45) is -2.62. The van der Waals surface area contributed by atoms with E-state index in [1.165, 1.54) is 12.1 Å². The van der Waals surface area contributed by atoms with Crippen molar-refractivity contribution in [3.63, 3.8) is 0 Å². The van der Waals surface area contributed by atoms with Crippen LogP contribution in [0.2, 0.25) is 0 Å². The first kappa shape index (κ1) is 14.9. The third-order valence-electron chi connectivity index (χ3n) is 3.84. The molecule has 1 aromatic carbocycles. The highest BCUT2D eigenvalue weighted by Crippen LogP contribution is 2.35. The molecule has 3 rings (SSSR count). The second-order valence-electron chi connectivity index (χ2n) is 5.32. The van der Waals surface area contributed by atoms with E-state index in [-0.39, 0.29) is 0 Å². The molecule has 1 saturated heterocycles. The van der Waals surface area contributed by atoms with Gasteiger partial charge in [-0.25, -0.2) is 0 Å². The Bertz CT molecular complexity index is 657. The molecule has 1 aromatic heterocycles. The number of piperazine rings is 1. The molecular weight excluding hydrogens is 293 g/mol. The third kappa shape index (κ3) is 2.81. The summed E-state index contributed by atoms with van der Waals surface area (Å²) in [6, 6.07) is 5.40. The van der Waals surface area contributed by atoms with Crippen LogP contribution >= 0.6 is 0 Å². The molecular formula is C15H17F3N4. The van der Waals surface area contributed by atoms with Crippen LogP contribution in [0.4, 0.5) is 18.9 Å². The molecule has 2 heterocycles. The molecule has 0 radical (unpaired) electrons. The number of nitrogens with one attached hydrogen (secondary N) is 1. The van der Waals surface area contributed by atoms with Crippen molar-refractivity contribution in [2.75, 3.05) is 31.1 Å². The van der Waals surface area contributed by atoms with Crippen molar-refractivity contribution >= 4 is 5.69 Å². The highest BCUT2D eigenvalue weighted by molar-refractivity contribution is 5.75. The van der Waals surface area contributed by atoms with Gasteiger partial charge in [-0.1, -0.05) is 12.1 Å². The van der Waals surface area contributed by atoms with Crippen LogP contribution in [0.1, 0.15) is 5.56 Å². The van der Waals surface area contributed by atoms with E-state index in [0.29, 0.717) is 11.3 Å². The average Bonchev–Trinajstić information content (AvgIpc) is 2.89. The third-order valence-corrected chi connectivity index (χ3v) is 3.84. The maximum Gasteiger partial charge on any atom is 0.416 e. The van der Waals surface area contributed by atoms with Gasteiger partial charge in [0, 0.05) is 38.8 Å². The number of benzene rings is 1. The van der Waals surface area contributed by atoms with E-state index in [1.54, 1.807) is 24.0 Å². The van der Waals surface area contributed by atoms with Gasteiger partial charge in [0.2, 0.25) is 0 Å². The lowest BCUT2D eigenvalue weighted by molar-refractivity contribution is -0.137. The Labute approximate surface area is 126 Å². The number of aromatic nitrogens is 2. The first-order valence-electron chi connectivity index (χ1n) is 7.12. The van der Waals surface area contributed by atoms with Crippen LogP contribution in [-0.2, 0) is 13.2 Å².